The first kappa shape index (κ1) is 26.6. The molecule has 7 N–H and O–H groups in total. The molecule has 0 aromatic heterocycles. The standard InChI is InChI=1S/C25H27N3O8.ClH/c26-24(35)19-15(29)9-13-8-12-7-11-3-4-14(27-16(30)10-28-5-1-2-6-28)20(31)17(11)21(32)18(12)22(33)25(13,36)23(19)34;/h3-4,12-13,31-32,34,36H,1-2,5-10H2,(H2,26,35)(H,27,30);1H/t12-,13-,25-;/m0./s1. The number of nitrogens with zero attached hydrogens (tertiary/aromatic N) is 1. The molecule has 2 fully saturated rings. The molecular weight excluding hydrogens is 506 g/mol. The Balaban J connectivity index is 0.00000320. The van der Waals surface area contributed by atoms with Crippen LogP contribution in [0.4, 0.5) is 5.69 Å². The van der Waals surface area contributed by atoms with Gasteiger partial charge in [-0.3, -0.25) is 24.1 Å². The van der Waals surface area contributed by atoms with Gasteiger partial charge in [0, 0.05) is 17.9 Å². The molecule has 37 heavy (non-hydrogen) atoms. The van der Waals surface area contributed by atoms with Crippen LogP contribution in [-0.2, 0) is 25.6 Å². The van der Waals surface area contributed by atoms with E-state index in [-0.39, 0.29) is 60.9 Å². The molecule has 1 heterocycles. The number of amides is 2. The summed E-state index contributed by atoms with van der Waals surface area (Å²) in [7, 11) is 0. The van der Waals surface area contributed by atoms with E-state index in [9.17, 15) is 39.6 Å². The highest BCUT2D eigenvalue weighted by atomic mass is 35.5. The highest BCUT2D eigenvalue weighted by molar-refractivity contribution is 6.22. The number of Topliss-reactive ketones (excluding diaryl/α,β-unsaturated/α-hetero) is 2. The zero-order valence-electron chi connectivity index (χ0n) is 19.8. The fourth-order valence-corrected chi connectivity index (χ4v) is 6.03. The van der Waals surface area contributed by atoms with Crippen LogP contribution in [0.25, 0.3) is 5.76 Å². The molecule has 0 bridgehead atoms. The van der Waals surface area contributed by atoms with Gasteiger partial charge in [0.05, 0.1) is 17.8 Å². The predicted molar refractivity (Wildman–Crippen MR) is 133 cm³/mol. The van der Waals surface area contributed by atoms with Crippen molar-refractivity contribution in [2.45, 2.75) is 37.7 Å². The summed E-state index contributed by atoms with van der Waals surface area (Å²) in [5.41, 5.74) is 2.06. The third-order valence-electron chi connectivity index (χ3n) is 7.78. The molecule has 3 atom stereocenters. The molecule has 1 aromatic rings. The number of carbonyl (C=O) groups is 4. The monoisotopic (exact) mass is 533 g/mol. The smallest absolute Gasteiger partial charge is 0.255 e. The Morgan fingerprint density at radius 2 is 1.78 bits per heavy atom. The number of aromatic hydroxyl groups is 1. The summed E-state index contributed by atoms with van der Waals surface area (Å²) >= 11 is 0. The van der Waals surface area contributed by atoms with Gasteiger partial charge in [-0.2, -0.15) is 0 Å². The maximum absolute atomic E-state index is 13.5. The van der Waals surface area contributed by atoms with Crippen molar-refractivity contribution in [3.8, 4) is 5.75 Å². The summed E-state index contributed by atoms with van der Waals surface area (Å²) < 4.78 is 0. The van der Waals surface area contributed by atoms with Crippen molar-refractivity contribution < 1.29 is 39.6 Å². The number of nitrogens with two attached hydrogens (primary N) is 1. The van der Waals surface area contributed by atoms with Crippen molar-refractivity contribution in [3.05, 3.63) is 40.2 Å². The van der Waals surface area contributed by atoms with E-state index in [1.54, 1.807) is 6.07 Å². The number of aliphatic hydroxyl groups is 3. The molecule has 12 heteroatoms. The fourth-order valence-electron chi connectivity index (χ4n) is 6.03. The van der Waals surface area contributed by atoms with E-state index in [0.717, 1.165) is 25.9 Å². The van der Waals surface area contributed by atoms with Crippen molar-refractivity contribution >= 4 is 47.2 Å². The first-order valence-corrected chi connectivity index (χ1v) is 11.9. The first-order valence-electron chi connectivity index (χ1n) is 11.9. The lowest BCUT2D eigenvalue weighted by molar-refractivity contribution is -0.147. The van der Waals surface area contributed by atoms with Gasteiger partial charge >= 0.3 is 0 Å². The highest BCUT2D eigenvalue weighted by Gasteiger charge is 2.60. The van der Waals surface area contributed by atoms with Gasteiger partial charge in [-0.1, -0.05) is 6.07 Å². The Labute approximate surface area is 218 Å². The van der Waals surface area contributed by atoms with Crippen LogP contribution in [0.1, 0.15) is 36.8 Å². The fraction of sp³-hybridized carbons (Fsp3) is 0.440. The summed E-state index contributed by atoms with van der Waals surface area (Å²) in [6.45, 7) is 1.79. The van der Waals surface area contributed by atoms with E-state index in [4.69, 9.17) is 5.73 Å². The minimum atomic E-state index is -2.60. The van der Waals surface area contributed by atoms with Crippen LogP contribution >= 0.6 is 12.4 Å². The number of carbonyl (C=O) groups excluding carboxylic acids is 4. The van der Waals surface area contributed by atoms with Gasteiger partial charge in [-0.05, 0) is 56.3 Å². The average Bonchev–Trinajstić information content (AvgIpc) is 3.30. The largest absolute Gasteiger partial charge is 0.508 e. The summed E-state index contributed by atoms with van der Waals surface area (Å²) in [4.78, 5) is 52.1. The number of aliphatic hydroxyl groups excluding tert-OH is 2. The number of fused-ring (bicyclic) bond motifs is 3. The number of hydrogen-bond donors (Lipinski definition) is 6. The zero-order chi connectivity index (χ0) is 25.9. The summed E-state index contributed by atoms with van der Waals surface area (Å²) in [6, 6.07) is 3.15. The minimum absolute atomic E-state index is 0. The van der Waals surface area contributed by atoms with E-state index in [1.807, 2.05) is 4.90 Å². The van der Waals surface area contributed by atoms with E-state index >= 15 is 0 Å². The number of anilines is 1. The minimum Gasteiger partial charge on any atom is -0.508 e. The molecule has 0 radical (unpaired) electrons. The number of phenolic OH excluding ortho intramolecular Hbond substituents is 1. The molecule has 5 rings (SSSR count). The third-order valence-corrected chi connectivity index (χ3v) is 7.78. The Hall–Kier alpha value is -3.41. The molecule has 1 saturated carbocycles. The number of primary amides is 1. The second-order valence-corrected chi connectivity index (χ2v) is 9.93. The van der Waals surface area contributed by atoms with Crippen molar-refractivity contribution in [1.82, 2.24) is 4.90 Å². The number of benzene rings is 1. The van der Waals surface area contributed by atoms with Crippen molar-refractivity contribution in [2.24, 2.45) is 17.6 Å². The molecule has 1 aliphatic heterocycles. The van der Waals surface area contributed by atoms with Crippen molar-refractivity contribution in [2.75, 3.05) is 25.0 Å². The number of phenols is 1. The second kappa shape index (κ2) is 9.47. The van der Waals surface area contributed by atoms with E-state index in [2.05, 4.69) is 5.32 Å². The molecule has 3 aliphatic carbocycles. The molecule has 2 amide bonds. The Bertz CT molecular complexity index is 1280. The van der Waals surface area contributed by atoms with Crippen molar-refractivity contribution in [1.29, 1.82) is 0 Å². The van der Waals surface area contributed by atoms with Crippen LogP contribution in [-0.4, -0.2) is 73.9 Å². The van der Waals surface area contributed by atoms with Crippen LogP contribution in [0.15, 0.2) is 29.0 Å². The van der Waals surface area contributed by atoms with Gasteiger partial charge in [-0.15, -0.1) is 12.4 Å². The average molecular weight is 534 g/mol. The highest BCUT2D eigenvalue weighted by Crippen LogP contribution is 2.52. The topological polar surface area (TPSA) is 190 Å². The molecule has 11 nitrogen and oxygen atoms in total. The second-order valence-electron chi connectivity index (χ2n) is 9.93. The van der Waals surface area contributed by atoms with E-state index < -0.39 is 57.8 Å². The first-order chi connectivity index (χ1) is 17.0. The molecule has 4 aliphatic rings. The molecular formula is C25H28ClN3O8. The lowest BCUT2D eigenvalue weighted by Gasteiger charge is -2.46. The van der Waals surface area contributed by atoms with Gasteiger partial charge in [0.15, 0.2) is 11.4 Å². The molecule has 1 saturated heterocycles. The third kappa shape index (κ3) is 4.07. The van der Waals surface area contributed by atoms with Gasteiger partial charge in [0.2, 0.25) is 11.7 Å². The lowest BCUT2D eigenvalue weighted by atomic mass is 9.59. The molecule has 0 unspecified atom stereocenters. The van der Waals surface area contributed by atoms with Crippen LogP contribution in [0.5, 0.6) is 5.75 Å². The lowest BCUT2D eigenvalue weighted by Crippen LogP contribution is -2.58. The van der Waals surface area contributed by atoms with Gasteiger partial charge < -0.3 is 31.5 Å². The van der Waals surface area contributed by atoms with Crippen LogP contribution < -0.4 is 11.1 Å². The van der Waals surface area contributed by atoms with Crippen LogP contribution in [0, 0.1) is 11.8 Å². The Kier molecular flexibility index (Phi) is 6.82. The zero-order valence-corrected chi connectivity index (χ0v) is 20.6. The number of halogens is 1. The molecule has 198 valence electrons. The Morgan fingerprint density at radius 3 is 2.43 bits per heavy atom. The summed E-state index contributed by atoms with van der Waals surface area (Å²) in [5.74, 6) is -7.15. The Morgan fingerprint density at radius 1 is 1.11 bits per heavy atom. The predicted octanol–water partition coefficient (Wildman–Crippen LogP) is 0.880. The van der Waals surface area contributed by atoms with E-state index in [1.165, 1.54) is 6.07 Å². The maximum Gasteiger partial charge on any atom is 0.255 e. The molecule has 0 spiro atoms. The van der Waals surface area contributed by atoms with Crippen LogP contribution in [0.2, 0.25) is 0 Å². The summed E-state index contributed by atoms with van der Waals surface area (Å²) in [6.07, 6.45) is 1.94. The number of hydrogen-bond acceptors (Lipinski definition) is 9. The SMILES string of the molecule is Cl.NC(=O)C1=C(O)[C@@]2(O)C(=O)C3=C(O)c4c(ccc(NC(=O)CN5CCCC5)c4O)C[C@H]3C[C@H]2CC1=O. The number of rotatable bonds is 4. The van der Waals surface area contributed by atoms with Gasteiger partial charge in [-0.25, -0.2) is 0 Å². The van der Waals surface area contributed by atoms with E-state index in [0.29, 0.717) is 5.56 Å². The number of nitrogens with one attached hydrogen (secondary N) is 1. The maximum atomic E-state index is 13.5. The quantitative estimate of drug-likeness (QED) is 0.241. The normalized spacial score (nSPS) is 27.3. The molecule has 1 aromatic carbocycles. The summed E-state index contributed by atoms with van der Waals surface area (Å²) in [5, 5.41) is 46.6. The van der Waals surface area contributed by atoms with Crippen molar-refractivity contribution in [3.63, 3.8) is 0 Å². The van der Waals surface area contributed by atoms with Crippen LogP contribution in [0.3, 0.4) is 0 Å². The number of likely N-dealkylation sites (tertiary alicyclic amines) is 1. The van der Waals surface area contributed by atoms with Gasteiger partial charge in [0.1, 0.15) is 22.8 Å². The van der Waals surface area contributed by atoms with Gasteiger partial charge in [0.25, 0.3) is 5.91 Å². The number of ketones is 2.